The number of aromatic nitrogens is 1. The molecule has 3 heterocycles. The number of piperazine rings is 1. The molecule has 0 radical (unpaired) electrons. The molecule has 0 aromatic carbocycles. The maximum absolute atomic E-state index is 4.68. The van der Waals surface area contributed by atoms with Gasteiger partial charge in [0.05, 0.1) is 5.69 Å². The Labute approximate surface area is 138 Å². The van der Waals surface area contributed by atoms with Crippen LogP contribution in [0.1, 0.15) is 24.2 Å². The normalized spacial score (nSPS) is 18.0. The summed E-state index contributed by atoms with van der Waals surface area (Å²) in [4.78, 5) is 9.62. The number of hydrogen-bond donors (Lipinski definition) is 0. The SMILES string of the molecule is Cc1nc(N2CCN(C(C)c3ccsc3)CC2)ccc1Br. The molecule has 112 valence electrons. The Kier molecular flexibility index (Phi) is 4.62. The van der Waals surface area contributed by atoms with E-state index in [0.29, 0.717) is 6.04 Å². The topological polar surface area (TPSA) is 19.4 Å². The summed E-state index contributed by atoms with van der Waals surface area (Å²) in [6, 6.07) is 6.95. The molecule has 0 N–H and O–H groups in total. The van der Waals surface area contributed by atoms with E-state index in [2.05, 4.69) is 66.6 Å². The number of thiophene rings is 1. The maximum Gasteiger partial charge on any atom is 0.128 e. The Balaban J connectivity index is 1.63. The molecule has 2 aromatic rings. The lowest BCUT2D eigenvalue weighted by Gasteiger charge is -2.38. The zero-order valence-electron chi connectivity index (χ0n) is 12.4. The van der Waals surface area contributed by atoms with E-state index in [-0.39, 0.29) is 0 Å². The van der Waals surface area contributed by atoms with Crippen LogP contribution in [0.25, 0.3) is 0 Å². The maximum atomic E-state index is 4.68. The number of pyridine rings is 1. The molecule has 0 bridgehead atoms. The molecule has 0 amide bonds. The molecule has 1 saturated heterocycles. The minimum atomic E-state index is 0.512. The van der Waals surface area contributed by atoms with Crippen molar-refractivity contribution in [2.24, 2.45) is 0 Å². The van der Waals surface area contributed by atoms with Crippen LogP contribution in [-0.4, -0.2) is 36.1 Å². The lowest BCUT2D eigenvalue weighted by molar-refractivity contribution is 0.198. The summed E-state index contributed by atoms with van der Waals surface area (Å²) in [6.07, 6.45) is 0. The predicted molar refractivity (Wildman–Crippen MR) is 93.2 cm³/mol. The lowest BCUT2D eigenvalue weighted by atomic mass is 10.1. The molecule has 1 aliphatic rings. The fraction of sp³-hybridized carbons (Fsp3) is 0.438. The van der Waals surface area contributed by atoms with Crippen molar-refractivity contribution in [3.05, 3.63) is 44.7 Å². The number of hydrogen-bond acceptors (Lipinski definition) is 4. The molecule has 1 atom stereocenters. The van der Waals surface area contributed by atoms with E-state index in [0.717, 1.165) is 42.2 Å². The van der Waals surface area contributed by atoms with E-state index in [1.807, 2.05) is 6.92 Å². The van der Waals surface area contributed by atoms with Crippen LogP contribution in [0.15, 0.2) is 33.4 Å². The Morgan fingerprint density at radius 1 is 1.19 bits per heavy atom. The molecule has 1 unspecified atom stereocenters. The highest BCUT2D eigenvalue weighted by Crippen LogP contribution is 2.25. The third-order valence-corrected chi connectivity index (χ3v) is 5.76. The number of nitrogens with zero attached hydrogens (tertiary/aromatic N) is 3. The average molecular weight is 366 g/mol. The van der Waals surface area contributed by atoms with Gasteiger partial charge < -0.3 is 4.90 Å². The molecular weight excluding hydrogens is 346 g/mol. The van der Waals surface area contributed by atoms with Crippen molar-refractivity contribution < 1.29 is 0 Å². The third kappa shape index (κ3) is 3.30. The van der Waals surface area contributed by atoms with E-state index in [1.54, 1.807) is 11.3 Å². The standard InChI is InChI=1S/C16H20BrN3S/c1-12-15(17)3-4-16(18-12)20-8-6-19(7-9-20)13(2)14-5-10-21-11-14/h3-5,10-11,13H,6-9H2,1-2H3. The van der Waals surface area contributed by atoms with Crippen molar-refractivity contribution in [1.29, 1.82) is 0 Å². The molecule has 21 heavy (non-hydrogen) atoms. The molecule has 1 fully saturated rings. The zero-order valence-corrected chi connectivity index (χ0v) is 14.8. The number of anilines is 1. The average Bonchev–Trinajstić information content (AvgIpc) is 3.04. The summed E-state index contributed by atoms with van der Waals surface area (Å²) >= 11 is 5.30. The fourth-order valence-electron chi connectivity index (χ4n) is 2.77. The van der Waals surface area contributed by atoms with Gasteiger partial charge in [-0.25, -0.2) is 4.98 Å². The summed E-state index contributed by atoms with van der Waals surface area (Å²) < 4.78 is 1.08. The molecule has 5 heteroatoms. The summed E-state index contributed by atoms with van der Waals surface area (Å²) in [7, 11) is 0. The first-order chi connectivity index (χ1) is 10.1. The van der Waals surface area contributed by atoms with Crippen molar-refractivity contribution >= 4 is 33.1 Å². The summed E-state index contributed by atoms with van der Waals surface area (Å²) in [6.45, 7) is 8.62. The van der Waals surface area contributed by atoms with Crippen LogP contribution in [0, 0.1) is 6.92 Å². The number of halogens is 1. The molecule has 2 aromatic heterocycles. The first-order valence-corrected chi connectivity index (χ1v) is 9.03. The van der Waals surface area contributed by atoms with Crippen molar-refractivity contribution in [1.82, 2.24) is 9.88 Å². The Bertz CT molecular complexity index is 592. The van der Waals surface area contributed by atoms with Gasteiger partial charge in [-0.15, -0.1) is 0 Å². The van der Waals surface area contributed by atoms with Gasteiger partial charge in [0, 0.05) is 36.7 Å². The van der Waals surface area contributed by atoms with Crippen molar-refractivity contribution in [2.75, 3.05) is 31.1 Å². The van der Waals surface area contributed by atoms with Gasteiger partial charge in [0.2, 0.25) is 0 Å². The molecular formula is C16H20BrN3S. The molecule has 0 saturated carbocycles. The molecule has 3 rings (SSSR count). The van der Waals surface area contributed by atoms with Gasteiger partial charge in [-0.05, 0) is 64.3 Å². The van der Waals surface area contributed by atoms with Crippen molar-refractivity contribution in [3.63, 3.8) is 0 Å². The minimum absolute atomic E-state index is 0.512. The highest BCUT2D eigenvalue weighted by molar-refractivity contribution is 9.10. The largest absolute Gasteiger partial charge is 0.354 e. The second kappa shape index (κ2) is 6.46. The van der Waals surface area contributed by atoms with Crippen LogP contribution in [0.3, 0.4) is 0 Å². The van der Waals surface area contributed by atoms with E-state index in [4.69, 9.17) is 0 Å². The number of rotatable bonds is 3. The third-order valence-electron chi connectivity index (χ3n) is 4.22. The molecule has 1 aliphatic heterocycles. The quantitative estimate of drug-likeness (QED) is 0.816. The highest BCUT2D eigenvalue weighted by atomic mass is 79.9. The monoisotopic (exact) mass is 365 g/mol. The van der Waals surface area contributed by atoms with E-state index >= 15 is 0 Å². The van der Waals surface area contributed by atoms with Gasteiger partial charge in [0.1, 0.15) is 5.82 Å². The van der Waals surface area contributed by atoms with Crippen molar-refractivity contribution in [2.45, 2.75) is 19.9 Å². The first-order valence-electron chi connectivity index (χ1n) is 7.29. The Morgan fingerprint density at radius 3 is 2.57 bits per heavy atom. The van der Waals surface area contributed by atoms with Gasteiger partial charge >= 0.3 is 0 Å². The van der Waals surface area contributed by atoms with Crippen LogP contribution in [-0.2, 0) is 0 Å². The van der Waals surface area contributed by atoms with E-state index in [9.17, 15) is 0 Å². The van der Waals surface area contributed by atoms with Crippen LogP contribution >= 0.6 is 27.3 Å². The lowest BCUT2D eigenvalue weighted by Crippen LogP contribution is -2.47. The van der Waals surface area contributed by atoms with Gasteiger partial charge in [0.25, 0.3) is 0 Å². The Hall–Kier alpha value is -0.910. The van der Waals surface area contributed by atoms with Crippen LogP contribution in [0.5, 0.6) is 0 Å². The minimum Gasteiger partial charge on any atom is -0.354 e. The van der Waals surface area contributed by atoms with Crippen LogP contribution < -0.4 is 4.90 Å². The Morgan fingerprint density at radius 2 is 1.95 bits per heavy atom. The summed E-state index contributed by atoms with van der Waals surface area (Å²) in [5.74, 6) is 1.10. The van der Waals surface area contributed by atoms with E-state index in [1.165, 1.54) is 5.56 Å². The van der Waals surface area contributed by atoms with E-state index < -0.39 is 0 Å². The van der Waals surface area contributed by atoms with Gasteiger partial charge in [-0.1, -0.05) is 0 Å². The fourth-order valence-corrected chi connectivity index (χ4v) is 3.74. The van der Waals surface area contributed by atoms with Gasteiger partial charge in [-0.2, -0.15) is 11.3 Å². The number of aryl methyl sites for hydroxylation is 1. The van der Waals surface area contributed by atoms with Crippen LogP contribution in [0.2, 0.25) is 0 Å². The first kappa shape index (κ1) is 15.0. The van der Waals surface area contributed by atoms with Crippen LogP contribution in [0.4, 0.5) is 5.82 Å². The molecule has 3 nitrogen and oxygen atoms in total. The van der Waals surface area contributed by atoms with Gasteiger partial charge in [-0.3, -0.25) is 4.90 Å². The second-order valence-electron chi connectivity index (χ2n) is 5.49. The molecule has 0 aliphatic carbocycles. The second-order valence-corrected chi connectivity index (χ2v) is 7.13. The molecule has 0 spiro atoms. The van der Waals surface area contributed by atoms with Gasteiger partial charge in [0.15, 0.2) is 0 Å². The highest BCUT2D eigenvalue weighted by Gasteiger charge is 2.23. The smallest absolute Gasteiger partial charge is 0.128 e. The predicted octanol–water partition coefficient (Wildman–Crippen LogP) is 4.10. The summed E-state index contributed by atoms with van der Waals surface area (Å²) in [5, 5.41) is 4.42. The van der Waals surface area contributed by atoms with Crippen molar-refractivity contribution in [3.8, 4) is 0 Å². The summed E-state index contributed by atoms with van der Waals surface area (Å²) in [5.41, 5.74) is 2.49. The zero-order chi connectivity index (χ0) is 14.8.